The predicted octanol–water partition coefficient (Wildman–Crippen LogP) is 2.34. The second-order valence-electron chi connectivity index (χ2n) is 6.62. The third-order valence-corrected chi connectivity index (χ3v) is 3.40. The molecular formula is C17H25NO7S. The third kappa shape index (κ3) is 10.7. The summed E-state index contributed by atoms with van der Waals surface area (Å²) in [5.74, 6) is -0.540. The van der Waals surface area contributed by atoms with E-state index in [4.69, 9.17) is 13.7 Å². The molecule has 1 atom stereocenters. The molecule has 0 aliphatic rings. The van der Waals surface area contributed by atoms with E-state index in [9.17, 15) is 18.0 Å². The molecular weight excluding hydrogens is 362 g/mol. The van der Waals surface area contributed by atoms with Crippen molar-refractivity contribution in [2.24, 2.45) is 0 Å². The first-order chi connectivity index (χ1) is 11.9. The Labute approximate surface area is 153 Å². The number of carbonyl (C=O) groups is 2. The summed E-state index contributed by atoms with van der Waals surface area (Å²) in [6, 6.07) is 9.12. The number of carbonyl (C=O) groups excluding carboxylic acids is 2. The smallest absolute Gasteiger partial charge is 0.409 e. The van der Waals surface area contributed by atoms with Crippen molar-refractivity contribution in [3.8, 4) is 0 Å². The predicted molar refractivity (Wildman–Crippen MR) is 94.6 cm³/mol. The minimum absolute atomic E-state index is 0.0834. The number of hydrogen-bond acceptors (Lipinski definition) is 7. The lowest BCUT2D eigenvalue weighted by Gasteiger charge is -2.23. The fourth-order valence-electron chi connectivity index (χ4n) is 1.85. The molecule has 0 fully saturated rings. The molecule has 9 heteroatoms. The highest BCUT2D eigenvalue weighted by Crippen LogP contribution is 2.10. The molecule has 0 saturated heterocycles. The van der Waals surface area contributed by atoms with Crippen molar-refractivity contribution in [1.29, 1.82) is 0 Å². The van der Waals surface area contributed by atoms with Gasteiger partial charge in [-0.25, -0.2) is 8.98 Å². The summed E-state index contributed by atoms with van der Waals surface area (Å²) in [4.78, 5) is 23.6. The molecule has 0 aliphatic heterocycles. The van der Waals surface area contributed by atoms with E-state index >= 15 is 0 Å². The lowest BCUT2D eigenvalue weighted by Crippen LogP contribution is -2.41. The molecule has 0 spiro atoms. The number of benzene rings is 1. The van der Waals surface area contributed by atoms with Gasteiger partial charge in [0.2, 0.25) is 0 Å². The zero-order valence-electron chi connectivity index (χ0n) is 15.4. The second-order valence-corrected chi connectivity index (χ2v) is 8.22. The van der Waals surface area contributed by atoms with Crippen molar-refractivity contribution in [2.75, 3.05) is 6.26 Å². The standard InChI is InChI=1S/C17H25NO7S/c1-17(2,3)24-16(20)18-14(25-26(4,21)22)10-11-15(19)23-12-13-8-6-5-7-9-13/h5-9,14H,10-12H2,1-4H3,(H,18,20). The summed E-state index contributed by atoms with van der Waals surface area (Å²) in [6.07, 6.45) is -1.44. The number of amides is 1. The maximum Gasteiger partial charge on any atom is 0.409 e. The molecule has 26 heavy (non-hydrogen) atoms. The summed E-state index contributed by atoms with van der Waals surface area (Å²) in [6.45, 7) is 5.11. The summed E-state index contributed by atoms with van der Waals surface area (Å²) in [5.41, 5.74) is 0.0746. The van der Waals surface area contributed by atoms with Crippen LogP contribution < -0.4 is 5.32 Å². The SMILES string of the molecule is CC(C)(C)OC(=O)NC(CCC(=O)OCc1ccccc1)OS(C)(=O)=O. The highest BCUT2D eigenvalue weighted by Gasteiger charge is 2.23. The normalized spacial score (nSPS) is 12.9. The van der Waals surface area contributed by atoms with Gasteiger partial charge in [0.05, 0.1) is 6.26 Å². The van der Waals surface area contributed by atoms with E-state index in [1.807, 2.05) is 30.3 Å². The molecule has 0 aliphatic carbocycles. The monoisotopic (exact) mass is 387 g/mol. The Kier molecular flexibility index (Phi) is 8.04. The van der Waals surface area contributed by atoms with Gasteiger partial charge in [-0.15, -0.1) is 0 Å². The van der Waals surface area contributed by atoms with Crippen molar-refractivity contribution >= 4 is 22.2 Å². The number of ether oxygens (including phenoxy) is 2. The van der Waals surface area contributed by atoms with Crippen LogP contribution in [0.2, 0.25) is 0 Å². The Bertz CT molecular complexity index is 696. The van der Waals surface area contributed by atoms with Crippen LogP contribution in [0.3, 0.4) is 0 Å². The number of nitrogens with one attached hydrogen (secondary N) is 1. The number of alkyl carbamates (subject to hydrolysis) is 1. The molecule has 8 nitrogen and oxygen atoms in total. The van der Waals surface area contributed by atoms with Gasteiger partial charge in [-0.2, -0.15) is 8.42 Å². The first kappa shape index (κ1) is 21.9. The topological polar surface area (TPSA) is 108 Å². The van der Waals surface area contributed by atoms with Crippen LogP contribution in [-0.4, -0.2) is 38.6 Å². The van der Waals surface area contributed by atoms with E-state index in [2.05, 4.69) is 5.32 Å². The van der Waals surface area contributed by atoms with Gasteiger partial charge < -0.3 is 9.47 Å². The van der Waals surface area contributed by atoms with E-state index in [1.165, 1.54) is 0 Å². The second kappa shape index (κ2) is 9.54. The quantitative estimate of drug-likeness (QED) is 0.414. The highest BCUT2D eigenvalue weighted by molar-refractivity contribution is 7.86. The molecule has 0 saturated carbocycles. The molecule has 0 aromatic heterocycles. The summed E-state index contributed by atoms with van der Waals surface area (Å²) in [7, 11) is -3.84. The minimum atomic E-state index is -3.84. The highest BCUT2D eigenvalue weighted by atomic mass is 32.2. The Morgan fingerprint density at radius 3 is 2.31 bits per heavy atom. The van der Waals surface area contributed by atoms with E-state index in [-0.39, 0.29) is 19.4 Å². The summed E-state index contributed by atoms with van der Waals surface area (Å²) in [5, 5.41) is 2.29. The summed E-state index contributed by atoms with van der Waals surface area (Å²) < 4.78 is 37.6. The van der Waals surface area contributed by atoms with Crippen LogP contribution in [0.4, 0.5) is 4.79 Å². The first-order valence-corrected chi connectivity index (χ1v) is 9.83. The van der Waals surface area contributed by atoms with Crippen LogP contribution in [0.5, 0.6) is 0 Å². The van der Waals surface area contributed by atoms with Gasteiger partial charge in [-0.1, -0.05) is 30.3 Å². The largest absolute Gasteiger partial charge is 0.461 e. The zero-order chi connectivity index (χ0) is 19.8. The average molecular weight is 387 g/mol. The minimum Gasteiger partial charge on any atom is -0.461 e. The third-order valence-electron chi connectivity index (χ3n) is 2.82. The fraction of sp³-hybridized carbons (Fsp3) is 0.529. The Morgan fingerprint density at radius 2 is 1.77 bits per heavy atom. The van der Waals surface area contributed by atoms with Crippen molar-refractivity contribution in [2.45, 2.75) is 52.0 Å². The van der Waals surface area contributed by atoms with E-state index in [0.29, 0.717) is 0 Å². The van der Waals surface area contributed by atoms with E-state index in [1.54, 1.807) is 20.8 Å². The zero-order valence-corrected chi connectivity index (χ0v) is 16.2. The van der Waals surface area contributed by atoms with Crippen LogP contribution in [0.25, 0.3) is 0 Å². The molecule has 1 rings (SSSR count). The molecule has 1 aromatic rings. The fourth-order valence-corrected chi connectivity index (χ4v) is 2.42. The molecule has 1 amide bonds. The molecule has 1 aromatic carbocycles. The van der Waals surface area contributed by atoms with Gasteiger partial charge in [0.15, 0.2) is 6.23 Å². The van der Waals surface area contributed by atoms with Crippen LogP contribution in [0.1, 0.15) is 39.2 Å². The van der Waals surface area contributed by atoms with E-state index < -0.39 is 34.0 Å². The van der Waals surface area contributed by atoms with Crippen LogP contribution in [0.15, 0.2) is 30.3 Å². The Morgan fingerprint density at radius 1 is 1.15 bits per heavy atom. The van der Waals surface area contributed by atoms with Crippen molar-refractivity contribution in [1.82, 2.24) is 5.32 Å². The van der Waals surface area contributed by atoms with Crippen molar-refractivity contribution in [3.05, 3.63) is 35.9 Å². The maximum atomic E-state index is 11.8. The van der Waals surface area contributed by atoms with Gasteiger partial charge in [0.25, 0.3) is 10.1 Å². The van der Waals surface area contributed by atoms with Gasteiger partial charge in [0.1, 0.15) is 12.2 Å². The van der Waals surface area contributed by atoms with Gasteiger partial charge in [0, 0.05) is 12.8 Å². The number of hydrogen-bond donors (Lipinski definition) is 1. The molecule has 0 bridgehead atoms. The lowest BCUT2D eigenvalue weighted by molar-refractivity contribution is -0.145. The van der Waals surface area contributed by atoms with Crippen molar-refractivity contribution < 1.29 is 31.7 Å². The summed E-state index contributed by atoms with van der Waals surface area (Å²) >= 11 is 0. The van der Waals surface area contributed by atoms with Gasteiger partial charge in [-0.05, 0) is 26.3 Å². The van der Waals surface area contributed by atoms with Crippen molar-refractivity contribution in [3.63, 3.8) is 0 Å². The molecule has 0 heterocycles. The number of esters is 1. The molecule has 1 N–H and O–H groups in total. The number of rotatable bonds is 8. The Hall–Kier alpha value is -2.13. The van der Waals surface area contributed by atoms with Crippen LogP contribution in [-0.2, 0) is 35.2 Å². The molecule has 146 valence electrons. The Balaban J connectivity index is 2.53. The maximum absolute atomic E-state index is 11.8. The molecule has 1 unspecified atom stereocenters. The van der Waals surface area contributed by atoms with Gasteiger partial charge >= 0.3 is 12.1 Å². The van der Waals surface area contributed by atoms with Crippen LogP contribution in [0, 0.1) is 0 Å². The van der Waals surface area contributed by atoms with E-state index in [0.717, 1.165) is 11.8 Å². The van der Waals surface area contributed by atoms with Crippen LogP contribution >= 0.6 is 0 Å². The lowest BCUT2D eigenvalue weighted by atomic mass is 10.2. The first-order valence-electron chi connectivity index (χ1n) is 8.02. The average Bonchev–Trinajstić information content (AvgIpc) is 2.48. The van der Waals surface area contributed by atoms with Gasteiger partial charge in [-0.3, -0.25) is 10.1 Å². The molecule has 0 radical (unpaired) electrons.